The summed E-state index contributed by atoms with van der Waals surface area (Å²) >= 11 is 0. The molecular formula is C9H10FNO. The zero-order valence-electron chi connectivity index (χ0n) is 7.02. The van der Waals surface area contributed by atoms with Crippen molar-refractivity contribution in [3.8, 4) is 0 Å². The molecule has 0 aromatic heterocycles. The largest absolute Gasteiger partial charge is 0.398 e. The monoisotopic (exact) mass is 167 g/mol. The Bertz CT molecular complexity index is 334. The molecule has 1 rings (SSSR count). The first-order valence-electron chi connectivity index (χ1n) is 3.59. The number of Topliss-reactive ketones (excluding diaryl/α,β-unsaturated/α-hetero) is 1. The van der Waals surface area contributed by atoms with Crippen molar-refractivity contribution in [1.29, 1.82) is 0 Å². The Kier molecular flexibility index (Phi) is 2.13. The number of aryl methyl sites for hydroxylation is 1. The molecule has 3 heteroatoms. The molecule has 0 spiro atoms. The van der Waals surface area contributed by atoms with Gasteiger partial charge in [0.25, 0.3) is 0 Å². The minimum Gasteiger partial charge on any atom is -0.398 e. The lowest BCUT2D eigenvalue weighted by atomic mass is 10.1. The second-order valence-electron chi connectivity index (χ2n) is 2.74. The van der Waals surface area contributed by atoms with Crippen LogP contribution in [0.5, 0.6) is 0 Å². The van der Waals surface area contributed by atoms with Crippen LogP contribution in [-0.2, 0) is 0 Å². The molecule has 2 N–H and O–H groups in total. The van der Waals surface area contributed by atoms with E-state index in [1.165, 1.54) is 19.1 Å². The topological polar surface area (TPSA) is 43.1 Å². The van der Waals surface area contributed by atoms with Crippen LogP contribution in [0.1, 0.15) is 22.8 Å². The Morgan fingerprint density at radius 3 is 2.58 bits per heavy atom. The molecule has 12 heavy (non-hydrogen) atoms. The summed E-state index contributed by atoms with van der Waals surface area (Å²) < 4.78 is 12.8. The van der Waals surface area contributed by atoms with E-state index in [0.717, 1.165) is 0 Å². The third-order valence-electron chi connectivity index (χ3n) is 1.71. The van der Waals surface area contributed by atoms with Crippen molar-refractivity contribution in [3.05, 3.63) is 29.1 Å². The molecular weight excluding hydrogens is 157 g/mol. The van der Waals surface area contributed by atoms with Crippen molar-refractivity contribution in [3.63, 3.8) is 0 Å². The fourth-order valence-corrected chi connectivity index (χ4v) is 1.00. The van der Waals surface area contributed by atoms with Gasteiger partial charge in [-0.3, -0.25) is 4.79 Å². The molecule has 0 saturated carbocycles. The lowest BCUT2D eigenvalue weighted by molar-refractivity contribution is 0.101. The maximum Gasteiger partial charge on any atom is 0.161 e. The SMILES string of the molecule is CC(=O)c1cc(C)c(F)cc1N. The van der Waals surface area contributed by atoms with Crippen LogP contribution in [0.25, 0.3) is 0 Å². The van der Waals surface area contributed by atoms with Gasteiger partial charge in [0.05, 0.1) is 0 Å². The minimum atomic E-state index is -0.377. The van der Waals surface area contributed by atoms with Crippen LogP contribution in [0, 0.1) is 12.7 Å². The van der Waals surface area contributed by atoms with Crippen LogP contribution in [0.15, 0.2) is 12.1 Å². The highest BCUT2D eigenvalue weighted by atomic mass is 19.1. The highest BCUT2D eigenvalue weighted by Gasteiger charge is 2.07. The van der Waals surface area contributed by atoms with Gasteiger partial charge in [-0.1, -0.05) is 0 Å². The van der Waals surface area contributed by atoms with Gasteiger partial charge in [0.15, 0.2) is 5.78 Å². The molecule has 64 valence electrons. The van der Waals surface area contributed by atoms with E-state index in [1.807, 2.05) is 0 Å². The zero-order valence-corrected chi connectivity index (χ0v) is 7.02. The lowest BCUT2D eigenvalue weighted by Crippen LogP contribution is -2.01. The summed E-state index contributed by atoms with van der Waals surface area (Å²) in [6.07, 6.45) is 0. The minimum absolute atomic E-state index is 0.143. The third kappa shape index (κ3) is 1.44. The van der Waals surface area contributed by atoms with E-state index in [1.54, 1.807) is 6.92 Å². The van der Waals surface area contributed by atoms with E-state index >= 15 is 0 Å². The average Bonchev–Trinajstić information content (AvgIpc) is 1.96. The van der Waals surface area contributed by atoms with Gasteiger partial charge in [0.2, 0.25) is 0 Å². The molecule has 0 fully saturated rings. The Morgan fingerprint density at radius 1 is 1.50 bits per heavy atom. The van der Waals surface area contributed by atoms with Crippen LogP contribution >= 0.6 is 0 Å². The summed E-state index contributed by atoms with van der Waals surface area (Å²) in [5.74, 6) is -0.520. The standard InChI is InChI=1S/C9H10FNO/c1-5-3-7(6(2)12)9(11)4-8(5)10/h3-4H,11H2,1-2H3. The smallest absolute Gasteiger partial charge is 0.161 e. The van der Waals surface area contributed by atoms with Gasteiger partial charge in [-0.05, 0) is 31.5 Å². The molecule has 1 aromatic carbocycles. The van der Waals surface area contributed by atoms with Gasteiger partial charge >= 0.3 is 0 Å². The molecule has 0 radical (unpaired) electrons. The predicted molar refractivity (Wildman–Crippen MR) is 45.6 cm³/mol. The van der Waals surface area contributed by atoms with Crippen molar-refractivity contribution in [1.82, 2.24) is 0 Å². The molecule has 0 aliphatic carbocycles. The van der Waals surface area contributed by atoms with Gasteiger partial charge in [0.1, 0.15) is 5.82 Å². The Labute approximate surface area is 70.2 Å². The van der Waals surface area contributed by atoms with Crippen molar-refractivity contribution < 1.29 is 9.18 Å². The highest BCUT2D eigenvalue weighted by molar-refractivity contribution is 5.99. The highest BCUT2D eigenvalue weighted by Crippen LogP contribution is 2.17. The van der Waals surface area contributed by atoms with E-state index in [4.69, 9.17) is 5.73 Å². The van der Waals surface area contributed by atoms with Gasteiger partial charge < -0.3 is 5.73 Å². The maximum atomic E-state index is 12.8. The first kappa shape index (κ1) is 8.71. The Hall–Kier alpha value is -1.38. The van der Waals surface area contributed by atoms with Crippen molar-refractivity contribution in [2.24, 2.45) is 0 Å². The quantitative estimate of drug-likeness (QED) is 0.513. The normalized spacial score (nSPS) is 9.92. The summed E-state index contributed by atoms with van der Waals surface area (Å²) in [4.78, 5) is 10.9. The molecule has 0 aliphatic rings. The number of ketones is 1. The Balaban J connectivity index is 3.33. The molecule has 0 saturated heterocycles. The number of carbonyl (C=O) groups excluding carboxylic acids is 1. The predicted octanol–water partition coefficient (Wildman–Crippen LogP) is 1.92. The number of benzene rings is 1. The zero-order chi connectivity index (χ0) is 9.30. The van der Waals surface area contributed by atoms with Gasteiger partial charge in [-0.25, -0.2) is 4.39 Å². The van der Waals surface area contributed by atoms with Crippen LogP contribution < -0.4 is 5.73 Å². The van der Waals surface area contributed by atoms with E-state index in [0.29, 0.717) is 11.1 Å². The molecule has 0 atom stereocenters. The molecule has 0 heterocycles. The van der Waals surface area contributed by atoms with Crippen LogP contribution in [0.3, 0.4) is 0 Å². The van der Waals surface area contributed by atoms with Crippen molar-refractivity contribution in [2.45, 2.75) is 13.8 Å². The van der Waals surface area contributed by atoms with E-state index < -0.39 is 0 Å². The second kappa shape index (κ2) is 2.93. The number of carbonyl (C=O) groups is 1. The van der Waals surface area contributed by atoms with E-state index in [2.05, 4.69) is 0 Å². The van der Waals surface area contributed by atoms with E-state index in [-0.39, 0.29) is 17.3 Å². The summed E-state index contributed by atoms with van der Waals surface area (Å²) in [5, 5.41) is 0. The van der Waals surface area contributed by atoms with E-state index in [9.17, 15) is 9.18 Å². The number of halogens is 1. The Morgan fingerprint density at radius 2 is 2.08 bits per heavy atom. The maximum absolute atomic E-state index is 12.8. The number of hydrogen-bond donors (Lipinski definition) is 1. The van der Waals surface area contributed by atoms with Crippen LogP contribution in [0.2, 0.25) is 0 Å². The van der Waals surface area contributed by atoms with Crippen LogP contribution in [0.4, 0.5) is 10.1 Å². The number of nitrogen functional groups attached to an aromatic ring is 1. The fourth-order valence-electron chi connectivity index (χ4n) is 1.00. The van der Waals surface area contributed by atoms with Gasteiger partial charge in [-0.15, -0.1) is 0 Å². The average molecular weight is 167 g/mol. The second-order valence-corrected chi connectivity index (χ2v) is 2.74. The number of anilines is 1. The molecule has 2 nitrogen and oxygen atoms in total. The van der Waals surface area contributed by atoms with Gasteiger partial charge in [-0.2, -0.15) is 0 Å². The first-order valence-corrected chi connectivity index (χ1v) is 3.59. The van der Waals surface area contributed by atoms with Crippen molar-refractivity contribution >= 4 is 11.5 Å². The molecule has 1 aromatic rings. The first-order chi connectivity index (χ1) is 5.52. The lowest BCUT2D eigenvalue weighted by Gasteiger charge is -2.03. The molecule has 0 bridgehead atoms. The van der Waals surface area contributed by atoms with Gasteiger partial charge in [0, 0.05) is 11.3 Å². The molecule has 0 unspecified atom stereocenters. The summed E-state index contributed by atoms with van der Waals surface area (Å²) in [6, 6.07) is 2.64. The van der Waals surface area contributed by atoms with Crippen molar-refractivity contribution in [2.75, 3.05) is 5.73 Å². The molecule has 0 aliphatic heterocycles. The molecule has 0 amide bonds. The van der Waals surface area contributed by atoms with Crippen LogP contribution in [-0.4, -0.2) is 5.78 Å². The summed E-state index contributed by atoms with van der Waals surface area (Å²) in [6.45, 7) is 3.00. The number of rotatable bonds is 1. The number of nitrogens with two attached hydrogens (primary N) is 1. The fraction of sp³-hybridized carbons (Fsp3) is 0.222. The number of hydrogen-bond acceptors (Lipinski definition) is 2. The summed E-state index contributed by atoms with van der Waals surface area (Å²) in [5.41, 5.74) is 6.45. The third-order valence-corrected chi connectivity index (χ3v) is 1.71. The summed E-state index contributed by atoms with van der Waals surface area (Å²) in [7, 11) is 0.